The van der Waals surface area contributed by atoms with Crippen molar-refractivity contribution in [1.82, 2.24) is 0 Å². The van der Waals surface area contributed by atoms with Crippen molar-refractivity contribution in [3.63, 3.8) is 0 Å². The highest BCUT2D eigenvalue weighted by Gasteiger charge is 2.02. The Kier molecular flexibility index (Phi) is 3.54. The molecule has 1 aliphatic heterocycles. The zero-order chi connectivity index (χ0) is 11.2. The molecule has 16 heavy (non-hydrogen) atoms. The van der Waals surface area contributed by atoms with Crippen LogP contribution >= 0.6 is 0 Å². The second kappa shape index (κ2) is 5.31. The molecule has 0 aromatic rings. The monoisotopic (exact) mass is 213 g/mol. The first-order chi connectivity index (χ1) is 7.88. The number of aliphatic imine (C=N–C) groups is 1. The van der Waals surface area contributed by atoms with Gasteiger partial charge in [-0.1, -0.05) is 30.4 Å². The lowest BCUT2D eigenvalue weighted by atomic mass is 10.1. The fraction of sp³-hybridized carbons (Fsp3) is 0.214. The largest absolute Gasteiger partial charge is 0.478 e. The van der Waals surface area contributed by atoms with Crippen LogP contribution in [0.3, 0.4) is 0 Å². The van der Waals surface area contributed by atoms with Crippen LogP contribution in [0.5, 0.6) is 0 Å². The molecule has 1 aliphatic carbocycles. The predicted octanol–water partition coefficient (Wildman–Crippen LogP) is 3.32. The first-order valence-corrected chi connectivity index (χ1v) is 5.50. The first-order valence-electron chi connectivity index (χ1n) is 5.50. The third-order valence-corrected chi connectivity index (χ3v) is 2.36. The van der Waals surface area contributed by atoms with Gasteiger partial charge in [0.25, 0.3) is 0 Å². The second-order valence-electron chi connectivity index (χ2n) is 3.59. The average molecular weight is 213 g/mol. The Hall–Kier alpha value is -1.83. The van der Waals surface area contributed by atoms with Gasteiger partial charge in [0.1, 0.15) is 0 Å². The van der Waals surface area contributed by atoms with Crippen molar-refractivity contribution in [1.29, 1.82) is 0 Å². The Bertz CT molecular complexity index is 434. The molecule has 2 bridgehead atoms. The minimum atomic E-state index is 0.638. The molecule has 0 amide bonds. The Morgan fingerprint density at radius 1 is 1.12 bits per heavy atom. The third kappa shape index (κ3) is 2.83. The number of hydrogen-bond donors (Lipinski definition) is 0. The highest BCUT2D eigenvalue weighted by molar-refractivity contribution is 5.88. The van der Waals surface area contributed by atoms with Crippen molar-refractivity contribution in [2.24, 2.45) is 4.99 Å². The van der Waals surface area contributed by atoms with Crippen LogP contribution in [0.1, 0.15) is 13.3 Å². The minimum absolute atomic E-state index is 0.638. The topological polar surface area (TPSA) is 21.6 Å². The third-order valence-electron chi connectivity index (χ3n) is 2.36. The van der Waals surface area contributed by atoms with Crippen LogP contribution in [0.2, 0.25) is 0 Å². The van der Waals surface area contributed by atoms with Crippen molar-refractivity contribution >= 4 is 5.90 Å². The molecule has 0 N–H and O–H groups in total. The molecule has 2 rings (SSSR count). The summed E-state index contributed by atoms with van der Waals surface area (Å²) >= 11 is 0. The standard InChI is InChI=1S/C14H15NO/c1-2-16-14-8-7-12-5-3-4-6-13(11-12)9-10-15-14/h3-10H,2,11H2,1H3/b8-7-,10-9-,12-7?,13-9?,14-8?,15-10?,15-14+. The highest BCUT2D eigenvalue weighted by Crippen LogP contribution is 2.18. The molecule has 0 saturated heterocycles. The Balaban J connectivity index is 2.31. The minimum Gasteiger partial charge on any atom is -0.478 e. The fourth-order valence-electron chi connectivity index (χ4n) is 1.60. The number of fused-ring (bicyclic) bond motifs is 2. The highest BCUT2D eigenvalue weighted by atomic mass is 16.5. The van der Waals surface area contributed by atoms with E-state index < -0.39 is 0 Å². The lowest BCUT2D eigenvalue weighted by Gasteiger charge is -2.01. The van der Waals surface area contributed by atoms with E-state index in [1.54, 1.807) is 6.20 Å². The Morgan fingerprint density at radius 2 is 1.88 bits per heavy atom. The summed E-state index contributed by atoms with van der Waals surface area (Å²) in [5.74, 6) is 0.662. The quantitative estimate of drug-likeness (QED) is 0.654. The summed E-state index contributed by atoms with van der Waals surface area (Å²) in [5.41, 5.74) is 2.52. The fourth-order valence-corrected chi connectivity index (χ4v) is 1.60. The molecular weight excluding hydrogens is 198 g/mol. The van der Waals surface area contributed by atoms with Gasteiger partial charge < -0.3 is 4.74 Å². The lowest BCUT2D eigenvalue weighted by Crippen LogP contribution is -1.99. The summed E-state index contributed by atoms with van der Waals surface area (Å²) in [5, 5.41) is 0. The molecule has 2 nitrogen and oxygen atoms in total. The maximum Gasteiger partial charge on any atom is 0.213 e. The van der Waals surface area contributed by atoms with Crippen molar-refractivity contribution in [3.05, 3.63) is 59.9 Å². The molecule has 2 aliphatic rings. The summed E-state index contributed by atoms with van der Waals surface area (Å²) in [6.07, 6.45) is 17.1. The van der Waals surface area contributed by atoms with Crippen molar-refractivity contribution < 1.29 is 4.74 Å². The summed E-state index contributed by atoms with van der Waals surface area (Å²) in [4.78, 5) is 4.26. The van der Waals surface area contributed by atoms with Crippen LogP contribution < -0.4 is 0 Å². The predicted molar refractivity (Wildman–Crippen MR) is 67.3 cm³/mol. The van der Waals surface area contributed by atoms with Gasteiger partial charge in [0.15, 0.2) is 0 Å². The van der Waals surface area contributed by atoms with Gasteiger partial charge >= 0.3 is 0 Å². The molecule has 82 valence electrons. The van der Waals surface area contributed by atoms with Gasteiger partial charge in [0.05, 0.1) is 6.61 Å². The average Bonchev–Trinajstić information content (AvgIpc) is 2.44. The van der Waals surface area contributed by atoms with Gasteiger partial charge in [0, 0.05) is 12.3 Å². The van der Waals surface area contributed by atoms with E-state index in [-0.39, 0.29) is 0 Å². The molecule has 0 aromatic carbocycles. The molecule has 2 heteroatoms. The van der Waals surface area contributed by atoms with Crippen LogP contribution in [0.4, 0.5) is 0 Å². The maximum atomic E-state index is 5.40. The van der Waals surface area contributed by atoms with E-state index in [4.69, 9.17) is 4.74 Å². The van der Waals surface area contributed by atoms with Crippen LogP contribution in [0.15, 0.2) is 64.9 Å². The van der Waals surface area contributed by atoms with Gasteiger partial charge in [0.2, 0.25) is 5.90 Å². The molecule has 0 aromatic heterocycles. The Morgan fingerprint density at radius 3 is 2.62 bits per heavy atom. The molecule has 0 spiro atoms. The van der Waals surface area contributed by atoms with E-state index >= 15 is 0 Å². The van der Waals surface area contributed by atoms with Gasteiger partial charge in [-0.15, -0.1) is 0 Å². The molecule has 0 fully saturated rings. The number of rotatable bonds is 1. The zero-order valence-electron chi connectivity index (χ0n) is 9.39. The van der Waals surface area contributed by atoms with Crippen LogP contribution in [-0.2, 0) is 4.74 Å². The second-order valence-corrected chi connectivity index (χ2v) is 3.59. The van der Waals surface area contributed by atoms with Gasteiger partial charge in [-0.2, -0.15) is 0 Å². The van der Waals surface area contributed by atoms with E-state index in [0.717, 1.165) is 6.42 Å². The van der Waals surface area contributed by atoms with Crippen molar-refractivity contribution in [2.75, 3.05) is 6.61 Å². The van der Waals surface area contributed by atoms with Gasteiger partial charge in [-0.05, 0) is 30.6 Å². The summed E-state index contributed by atoms with van der Waals surface area (Å²) in [7, 11) is 0. The van der Waals surface area contributed by atoms with E-state index in [1.807, 2.05) is 19.1 Å². The maximum absolute atomic E-state index is 5.40. The van der Waals surface area contributed by atoms with Crippen LogP contribution in [0.25, 0.3) is 0 Å². The van der Waals surface area contributed by atoms with E-state index in [2.05, 4.69) is 35.4 Å². The summed E-state index contributed by atoms with van der Waals surface area (Å²) in [6, 6.07) is 0. The smallest absolute Gasteiger partial charge is 0.213 e. The molecule has 1 heterocycles. The Labute approximate surface area is 96.0 Å². The van der Waals surface area contributed by atoms with Gasteiger partial charge in [-0.25, -0.2) is 4.99 Å². The van der Waals surface area contributed by atoms with Crippen LogP contribution in [-0.4, -0.2) is 12.5 Å². The summed E-state index contributed by atoms with van der Waals surface area (Å²) in [6.45, 7) is 2.60. The number of hydrogen-bond acceptors (Lipinski definition) is 2. The molecule has 0 atom stereocenters. The molecule has 0 saturated carbocycles. The molecular formula is C14H15NO. The number of ether oxygens (including phenoxy) is 1. The van der Waals surface area contributed by atoms with E-state index in [1.165, 1.54) is 11.1 Å². The number of allylic oxidation sites excluding steroid dienone is 8. The summed E-state index contributed by atoms with van der Waals surface area (Å²) < 4.78 is 5.40. The van der Waals surface area contributed by atoms with E-state index in [0.29, 0.717) is 12.5 Å². The lowest BCUT2D eigenvalue weighted by molar-refractivity contribution is 0.330. The number of nitrogens with zero attached hydrogens (tertiary/aromatic N) is 1. The molecule has 0 radical (unpaired) electrons. The SMILES string of the molecule is CCOC1=N/C=C\C2=CC=CC=C(/C=C\1)C2. The van der Waals surface area contributed by atoms with Crippen molar-refractivity contribution in [3.8, 4) is 0 Å². The normalized spacial score (nSPS) is 25.9. The zero-order valence-corrected chi connectivity index (χ0v) is 9.39. The van der Waals surface area contributed by atoms with Gasteiger partial charge in [-0.3, -0.25) is 0 Å². The first kappa shape index (κ1) is 10.7. The van der Waals surface area contributed by atoms with Crippen molar-refractivity contribution in [2.45, 2.75) is 13.3 Å². The van der Waals surface area contributed by atoms with E-state index in [9.17, 15) is 0 Å². The van der Waals surface area contributed by atoms with Crippen LogP contribution in [0, 0.1) is 0 Å². The molecule has 0 unspecified atom stereocenters.